The Morgan fingerprint density at radius 1 is 1.42 bits per heavy atom. The molecule has 5 heteroatoms. The Morgan fingerprint density at radius 2 is 2.08 bits per heavy atom. The van der Waals surface area contributed by atoms with Gasteiger partial charge < -0.3 is 0 Å². The number of nitrogens with zero attached hydrogens (tertiary/aromatic N) is 1. The minimum absolute atomic E-state index is 0.134. The van der Waals surface area contributed by atoms with Gasteiger partial charge in [-0.25, -0.2) is 0 Å². The van der Waals surface area contributed by atoms with Crippen LogP contribution in [-0.4, -0.2) is 20.0 Å². The highest BCUT2D eigenvalue weighted by molar-refractivity contribution is 7.85. The maximum absolute atomic E-state index is 10.6. The molecular weight excluding hydrogens is 178 g/mol. The van der Waals surface area contributed by atoms with E-state index in [9.17, 15) is 8.42 Å². The quantitative estimate of drug-likeness (QED) is 0.694. The second kappa shape index (κ2) is 3.12. The predicted molar refractivity (Wildman–Crippen MR) is 44.0 cm³/mol. The van der Waals surface area contributed by atoms with Crippen molar-refractivity contribution in [2.24, 2.45) is 0 Å². The molecule has 0 fully saturated rings. The fourth-order valence-corrected chi connectivity index (χ4v) is 1.30. The Balaban J connectivity index is 3.20. The van der Waals surface area contributed by atoms with E-state index in [1.165, 1.54) is 18.2 Å². The predicted octanol–water partition coefficient (Wildman–Crippen LogP) is 0.799. The van der Waals surface area contributed by atoms with Gasteiger partial charge in [0.2, 0.25) is 0 Å². The number of hydrogen-bond acceptors (Lipinski definition) is 2. The number of benzene rings is 1. The molecule has 0 bridgehead atoms. The molecule has 0 spiro atoms. The number of hydrogen-bond donors (Lipinski definition) is 1. The molecule has 1 radical (unpaired) electrons. The molecule has 0 saturated heterocycles. The minimum Gasteiger partial charge on any atom is -0.289 e. The summed E-state index contributed by atoms with van der Waals surface area (Å²) in [5, 5.41) is 3.77. The van der Waals surface area contributed by atoms with Gasteiger partial charge >= 0.3 is 0 Å². The fourth-order valence-electron chi connectivity index (χ4n) is 0.783. The summed E-state index contributed by atoms with van der Waals surface area (Å²) in [6.45, 7) is 0. The smallest absolute Gasteiger partial charge is 0.289 e. The third kappa shape index (κ3) is 1.96. The molecule has 0 heterocycles. The molecule has 0 saturated carbocycles. The molecule has 0 unspecified atom stereocenters. The van der Waals surface area contributed by atoms with Crippen molar-refractivity contribution in [3.8, 4) is 0 Å². The molecule has 1 aromatic rings. The van der Waals surface area contributed by atoms with Gasteiger partial charge in [-0.1, -0.05) is 6.07 Å². The van der Waals surface area contributed by atoms with Crippen LogP contribution in [0.25, 0.3) is 0 Å². The fraction of sp³-hybridized carbons (Fsp3) is 0.143. The van der Waals surface area contributed by atoms with Crippen molar-refractivity contribution in [1.82, 2.24) is 5.32 Å². The molecule has 0 aliphatic carbocycles. The topological polar surface area (TPSA) is 68.5 Å². The van der Waals surface area contributed by atoms with Gasteiger partial charge in [0.1, 0.15) is 0 Å². The molecule has 0 atom stereocenters. The average molecular weight is 186 g/mol. The van der Waals surface area contributed by atoms with Crippen molar-refractivity contribution >= 4 is 15.8 Å². The molecule has 1 rings (SSSR count). The molecule has 0 aromatic heterocycles. The second-order valence-electron chi connectivity index (χ2n) is 2.20. The zero-order valence-corrected chi connectivity index (χ0v) is 7.25. The van der Waals surface area contributed by atoms with E-state index in [1.54, 1.807) is 13.1 Å². The largest absolute Gasteiger partial charge is 0.294 e. The van der Waals surface area contributed by atoms with E-state index in [-0.39, 0.29) is 4.90 Å². The van der Waals surface area contributed by atoms with E-state index in [4.69, 9.17) is 4.55 Å². The molecular formula is C7H8NO3S. The zero-order chi connectivity index (χ0) is 9.19. The summed E-state index contributed by atoms with van der Waals surface area (Å²) in [7, 11) is -2.55. The highest BCUT2D eigenvalue weighted by Crippen LogP contribution is 2.13. The van der Waals surface area contributed by atoms with Gasteiger partial charge in [0.25, 0.3) is 10.1 Å². The maximum atomic E-state index is 10.6. The van der Waals surface area contributed by atoms with Gasteiger partial charge in [-0.15, -0.1) is 0 Å². The van der Waals surface area contributed by atoms with Crippen molar-refractivity contribution in [3.63, 3.8) is 0 Å². The van der Waals surface area contributed by atoms with Crippen LogP contribution in [0.4, 0.5) is 5.69 Å². The lowest BCUT2D eigenvalue weighted by Gasteiger charge is -1.99. The van der Waals surface area contributed by atoms with Crippen LogP contribution < -0.4 is 5.32 Å². The monoisotopic (exact) mass is 186 g/mol. The van der Waals surface area contributed by atoms with Gasteiger partial charge in [-0.3, -0.25) is 9.87 Å². The lowest BCUT2D eigenvalue weighted by Crippen LogP contribution is -1.98. The molecule has 1 aromatic carbocycles. The molecule has 0 amide bonds. The molecule has 4 nitrogen and oxygen atoms in total. The van der Waals surface area contributed by atoms with Crippen molar-refractivity contribution in [1.29, 1.82) is 0 Å². The summed E-state index contributed by atoms with van der Waals surface area (Å²) in [6, 6.07) is 5.78. The second-order valence-corrected chi connectivity index (χ2v) is 3.62. The van der Waals surface area contributed by atoms with Gasteiger partial charge in [-0.2, -0.15) is 8.42 Å². The van der Waals surface area contributed by atoms with Crippen LogP contribution in [0.2, 0.25) is 0 Å². The van der Waals surface area contributed by atoms with Crippen molar-refractivity contribution in [2.75, 3.05) is 7.05 Å². The van der Waals surface area contributed by atoms with Gasteiger partial charge in [0.15, 0.2) is 0 Å². The Morgan fingerprint density at radius 3 is 2.58 bits per heavy atom. The Kier molecular flexibility index (Phi) is 2.35. The van der Waals surface area contributed by atoms with Crippen LogP contribution in [-0.2, 0) is 10.1 Å². The number of rotatable bonds is 2. The first-order chi connectivity index (χ1) is 5.54. The van der Waals surface area contributed by atoms with Gasteiger partial charge in [0.05, 0.1) is 10.6 Å². The molecule has 1 N–H and O–H groups in total. The summed E-state index contributed by atoms with van der Waals surface area (Å²) in [4.78, 5) is -0.134. The summed E-state index contributed by atoms with van der Waals surface area (Å²) >= 11 is 0. The van der Waals surface area contributed by atoms with Crippen molar-refractivity contribution in [3.05, 3.63) is 24.3 Å². The molecule has 0 aliphatic heterocycles. The van der Waals surface area contributed by atoms with E-state index < -0.39 is 10.1 Å². The standard InChI is InChI=1S/C7H8NO3S/c1-8-6-3-2-4-7(5-6)12(9,10)11/h2-5H,1H3,(H,9,10,11). The first-order valence-electron chi connectivity index (χ1n) is 3.21. The van der Waals surface area contributed by atoms with Gasteiger partial charge in [-0.05, 0) is 18.2 Å². The minimum atomic E-state index is -4.10. The summed E-state index contributed by atoms with van der Waals surface area (Å²) < 4.78 is 29.9. The highest BCUT2D eigenvalue weighted by Gasteiger charge is 2.08. The molecule has 12 heavy (non-hydrogen) atoms. The Bertz CT molecular complexity index is 372. The highest BCUT2D eigenvalue weighted by atomic mass is 32.2. The maximum Gasteiger partial charge on any atom is 0.294 e. The first kappa shape index (κ1) is 9.02. The normalized spacial score (nSPS) is 11.2. The zero-order valence-electron chi connectivity index (χ0n) is 6.43. The summed E-state index contributed by atoms with van der Waals surface area (Å²) in [5.74, 6) is 0. The summed E-state index contributed by atoms with van der Waals surface area (Å²) in [6.07, 6.45) is 0. The van der Waals surface area contributed by atoms with Crippen LogP contribution in [0.5, 0.6) is 0 Å². The summed E-state index contributed by atoms with van der Waals surface area (Å²) in [5.41, 5.74) is 0.519. The van der Waals surface area contributed by atoms with Crippen LogP contribution in [0.1, 0.15) is 0 Å². The molecule has 0 aliphatic rings. The van der Waals surface area contributed by atoms with Crippen molar-refractivity contribution < 1.29 is 13.0 Å². The average Bonchev–Trinajstić information content (AvgIpc) is 2.03. The van der Waals surface area contributed by atoms with Crippen LogP contribution in [0, 0.1) is 0 Å². The third-order valence-electron chi connectivity index (χ3n) is 1.37. The van der Waals surface area contributed by atoms with Crippen LogP contribution in [0.15, 0.2) is 29.2 Å². The first-order valence-corrected chi connectivity index (χ1v) is 4.65. The molecule has 65 valence electrons. The van der Waals surface area contributed by atoms with Gasteiger partial charge in [0, 0.05) is 7.05 Å². The third-order valence-corrected chi connectivity index (χ3v) is 2.22. The SMILES string of the molecule is C[N]c1cccc(S(=O)(=O)O)c1. The lowest BCUT2D eigenvalue weighted by molar-refractivity contribution is 0.483. The van der Waals surface area contributed by atoms with Crippen LogP contribution >= 0.6 is 0 Å². The van der Waals surface area contributed by atoms with E-state index in [0.717, 1.165) is 0 Å². The van der Waals surface area contributed by atoms with E-state index >= 15 is 0 Å². The van der Waals surface area contributed by atoms with Crippen LogP contribution in [0.3, 0.4) is 0 Å². The van der Waals surface area contributed by atoms with E-state index in [0.29, 0.717) is 5.69 Å². The van der Waals surface area contributed by atoms with Crippen molar-refractivity contribution in [2.45, 2.75) is 4.90 Å². The Labute approximate surface area is 71.0 Å². The Hall–Kier alpha value is -1.07. The van der Waals surface area contributed by atoms with E-state index in [1.807, 2.05) is 0 Å². The van der Waals surface area contributed by atoms with E-state index in [2.05, 4.69) is 5.32 Å². The lowest BCUT2D eigenvalue weighted by atomic mass is 10.3.